The molecule has 4 nitrogen and oxygen atoms in total. The normalized spacial score (nSPS) is 27.4. The summed E-state index contributed by atoms with van der Waals surface area (Å²) in [4.78, 5) is 2.70. The van der Waals surface area contributed by atoms with E-state index in [9.17, 15) is 8.42 Å². The molecule has 1 spiro atoms. The average molecular weight is 312 g/mol. The van der Waals surface area contributed by atoms with Crippen molar-refractivity contribution in [1.82, 2.24) is 9.21 Å². The largest absolute Gasteiger partial charge is 0.292 e. The molecule has 6 heteroatoms. The van der Waals surface area contributed by atoms with Crippen LogP contribution < -0.4 is 0 Å². The quantitative estimate of drug-likeness (QED) is 0.683. The van der Waals surface area contributed by atoms with Gasteiger partial charge in [0, 0.05) is 25.0 Å². The van der Waals surface area contributed by atoms with Gasteiger partial charge in [-0.05, 0) is 31.9 Å². The van der Waals surface area contributed by atoms with Gasteiger partial charge in [0.25, 0.3) is 0 Å². The summed E-state index contributed by atoms with van der Waals surface area (Å²) < 4.78 is 26.8. The Balaban J connectivity index is 1.74. The Morgan fingerprint density at radius 3 is 2.35 bits per heavy atom. The number of likely N-dealkylation sites (tertiary alicyclic amines) is 1. The third-order valence-electron chi connectivity index (χ3n) is 4.45. The third-order valence-corrected chi connectivity index (χ3v) is 6.74. The van der Waals surface area contributed by atoms with Gasteiger partial charge in [-0.15, -0.1) is 0 Å². The van der Waals surface area contributed by atoms with E-state index >= 15 is 0 Å². The second kappa shape index (κ2) is 5.02. The summed E-state index contributed by atoms with van der Waals surface area (Å²) in [7, 11) is -3.32. The van der Waals surface area contributed by atoms with Gasteiger partial charge < -0.3 is 0 Å². The van der Waals surface area contributed by atoms with Crippen molar-refractivity contribution in [2.45, 2.75) is 35.6 Å². The molecule has 2 aliphatic heterocycles. The van der Waals surface area contributed by atoms with E-state index in [4.69, 9.17) is 0 Å². The second-order valence-electron chi connectivity index (χ2n) is 5.72. The highest BCUT2D eigenvalue weighted by atomic mass is 32.2. The molecule has 2 aliphatic rings. The van der Waals surface area contributed by atoms with Crippen LogP contribution in [0.3, 0.4) is 0 Å². The highest BCUT2D eigenvalue weighted by Gasteiger charge is 2.59. The monoisotopic (exact) mass is 312 g/mol. The van der Waals surface area contributed by atoms with E-state index in [1.807, 2.05) is 6.07 Å². The number of sulfonamides is 1. The van der Waals surface area contributed by atoms with Crippen molar-refractivity contribution in [1.29, 1.82) is 0 Å². The lowest BCUT2D eigenvalue weighted by Gasteiger charge is -2.34. The van der Waals surface area contributed by atoms with E-state index in [0.29, 0.717) is 11.4 Å². The van der Waals surface area contributed by atoms with Gasteiger partial charge in [-0.2, -0.15) is 16.9 Å². The minimum absolute atomic E-state index is 0.131. The van der Waals surface area contributed by atoms with Crippen molar-refractivity contribution >= 4 is 22.7 Å². The van der Waals surface area contributed by atoms with Crippen molar-refractivity contribution in [3.8, 4) is 0 Å². The van der Waals surface area contributed by atoms with Crippen molar-refractivity contribution in [2.75, 3.05) is 19.6 Å². The first-order valence-electron chi connectivity index (χ1n) is 6.96. The van der Waals surface area contributed by atoms with Crippen molar-refractivity contribution < 1.29 is 8.42 Å². The Bertz CT molecular complexity index is 578. The summed E-state index contributed by atoms with van der Waals surface area (Å²) in [5, 5.41) is 0.241. The molecule has 3 rings (SSSR count). The minimum Gasteiger partial charge on any atom is -0.292 e. The van der Waals surface area contributed by atoms with Crippen LogP contribution in [0.4, 0.5) is 0 Å². The summed E-state index contributed by atoms with van der Waals surface area (Å²) in [5.74, 6) is 0. The molecule has 2 heterocycles. The molecule has 0 radical (unpaired) electrons. The van der Waals surface area contributed by atoms with Gasteiger partial charge in [-0.1, -0.05) is 18.2 Å². The molecule has 2 atom stereocenters. The average Bonchev–Trinajstić information content (AvgIpc) is 3.15. The Kier molecular flexibility index (Phi) is 3.61. The van der Waals surface area contributed by atoms with Crippen molar-refractivity contribution in [3.63, 3.8) is 0 Å². The molecule has 0 N–H and O–H groups in total. The number of piperidine rings is 1. The molecule has 1 aromatic rings. The molecule has 0 bridgehead atoms. The van der Waals surface area contributed by atoms with Gasteiger partial charge in [0.1, 0.15) is 0 Å². The lowest BCUT2D eigenvalue weighted by molar-refractivity contribution is 0.187. The molecule has 2 saturated heterocycles. The molecule has 110 valence electrons. The summed E-state index contributed by atoms with van der Waals surface area (Å²) in [6.45, 7) is 4.57. The van der Waals surface area contributed by atoms with Crippen LogP contribution in [0.15, 0.2) is 35.2 Å². The summed E-state index contributed by atoms with van der Waals surface area (Å²) in [6.07, 6.45) is 1.81. The topological polar surface area (TPSA) is 40.4 Å². The standard InChI is InChI=1S/C14H20N2O2S2/c1-12(19)15-9-7-14(8-10-15)11-16(14)20(17,18)13-5-3-2-4-6-13/h2-6,12,19H,7-11H2,1H3. The van der Waals surface area contributed by atoms with Crippen LogP contribution in [-0.4, -0.2) is 48.2 Å². The molecule has 2 fully saturated rings. The zero-order valence-electron chi connectivity index (χ0n) is 11.6. The highest BCUT2D eigenvalue weighted by molar-refractivity contribution is 7.89. The smallest absolute Gasteiger partial charge is 0.243 e. The fraction of sp³-hybridized carbons (Fsp3) is 0.571. The van der Waals surface area contributed by atoms with E-state index < -0.39 is 10.0 Å². The van der Waals surface area contributed by atoms with Crippen LogP contribution in [-0.2, 0) is 10.0 Å². The fourth-order valence-electron chi connectivity index (χ4n) is 3.01. The Morgan fingerprint density at radius 2 is 1.80 bits per heavy atom. The summed E-state index contributed by atoms with van der Waals surface area (Å²) in [6, 6.07) is 8.73. The number of hydrogen-bond donors (Lipinski definition) is 1. The van der Waals surface area contributed by atoms with E-state index in [0.717, 1.165) is 25.9 Å². The number of benzene rings is 1. The molecule has 2 unspecified atom stereocenters. The van der Waals surface area contributed by atoms with E-state index in [1.54, 1.807) is 28.6 Å². The summed E-state index contributed by atoms with van der Waals surface area (Å²) >= 11 is 4.45. The van der Waals surface area contributed by atoms with Gasteiger partial charge in [0.05, 0.1) is 10.4 Å². The lowest BCUT2D eigenvalue weighted by Crippen LogP contribution is -2.42. The Labute approximate surface area is 126 Å². The third kappa shape index (κ3) is 2.39. The van der Waals surface area contributed by atoms with E-state index in [-0.39, 0.29) is 10.9 Å². The van der Waals surface area contributed by atoms with Crippen molar-refractivity contribution in [2.24, 2.45) is 0 Å². The van der Waals surface area contributed by atoms with E-state index in [2.05, 4.69) is 24.5 Å². The van der Waals surface area contributed by atoms with E-state index in [1.165, 1.54) is 0 Å². The highest BCUT2D eigenvalue weighted by Crippen LogP contribution is 2.46. The number of thiol groups is 1. The maximum atomic E-state index is 12.6. The van der Waals surface area contributed by atoms with Gasteiger partial charge in [-0.25, -0.2) is 8.42 Å². The lowest BCUT2D eigenvalue weighted by atomic mass is 9.97. The first-order valence-corrected chi connectivity index (χ1v) is 8.91. The number of nitrogens with zero attached hydrogens (tertiary/aromatic N) is 2. The van der Waals surface area contributed by atoms with Crippen LogP contribution in [0.1, 0.15) is 19.8 Å². The van der Waals surface area contributed by atoms with Crippen LogP contribution >= 0.6 is 12.6 Å². The molecule has 1 aromatic carbocycles. The Hall–Kier alpha value is -0.560. The molecular weight excluding hydrogens is 292 g/mol. The second-order valence-corrected chi connectivity index (χ2v) is 8.33. The number of hydrogen-bond acceptors (Lipinski definition) is 4. The molecule has 20 heavy (non-hydrogen) atoms. The molecule has 0 aromatic heterocycles. The number of rotatable bonds is 3. The van der Waals surface area contributed by atoms with Crippen molar-refractivity contribution in [3.05, 3.63) is 30.3 Å². The maximum Gasteiger partial charge on any atom is 0.243 e. The van der Waals surface area contributed by atoms with Crippen LogP contribution in [0.5, 0.6) is 0 Å². The van der Waals surface area contributed by atoms with Crippen LogP contribution in [0, 0.1) is 0 Å². The Morgan fingerprint density at radius 1 is 1.20 bits per heavy atom. The predicted molar refractivity (Wildman–Crippen MR) is 82.3 cm³/mol. The molecule has 0 amide bonds. The first kappa shape index (κ1) is 14.4. The summed E-state index contributed by atoms with van der Waals surface area (Å²) in [5.41, 5.74) is -0.131. The minimum atomic E-state index is -3.32. The molecular formula is C14H20N2O2S2. The maximum absolute atomic E-state index is 12.6. The SMILES string of the molecule is CC(S)N1CCC2(CC1)CN2S(=O)(=O)c1ccccc1. The van der Waals surface area contributed by atoms with Gasteiger partial charge in [-0.3, -0.25) is 4.90 Å². The van der Waals surface area contributed by atoms with Crippen LogP contribution in [0.2, 0.25) is 0 Å². The van der Waals surface area contributed by atoms with Crippen LogP contribution in [0.25, 0.3) is 0 Å². The van der Waals surface area contributed by atoms with Gasteiger partial charge in [0.2, 0.25) is 10.0 Å². The van der Waals surface area contributed by atoms with Gasteiger partial charge in [0.15, 0.2) is 0 Å². The fourth-order valence-corrected chi connectivity index (χ4v) is 5.10. The predicted octanol–water partition coefficient (Wildman–Crippen LogP) is 1.80. The first-order chi connectivity index (χ1) is 9.46. The molecule has 0 aliphatic carbocycles. The zero-order chi connectivity index (χ0) is 14.4. The van der Waals surface area contributed by atoms with Gasteiger partial charge >= 0.3 is 0 Å². The zero-order valence-corrected chi connectivity index (χ0v) is 13.3. The molecule has 0 saturated carbocycles.